The number of hydrogen-bond donors (Lipinski definition) is 1. The summed E-state index contributed by atoms with van der Waals surface area (Å²) in [7, 11) is 0. The molecule has 0 radical (unpaired) electrons. The SMILES string of the molecule is CC(C)CCNCc1ccc(OC(C)C)c(Br)c1. The van der Waals surface area contributed by atoms with Crippen LogP contribution < -0.4 is 10.1 Å². The Balaban J connectivity index is 2.46. The van der Waals surface area contributed by atoms with Crippen LogP contribution >= 0.6 is 15.9 Å². The molecule has 0 saturated heterocycles. The Morgan fingerprint density at radius 2 is 1.94 bits per heavy atom. The van der Waals surface area contributed by atoms with Crippen LogP contribution in [0.5, 0.6) is 5.75 Å². The molecule has 102 valence electrons. The normalized spacial score (nSPS) is 11.3. The molecular formula is C15H24BrNO. The van der Waals surface area contributed by atoms with E-state index in [1.807, 2.05) is 19.9 Å². The van der Waals surface area contributed by atoms with Crippen molar-refractivity contribution in [3.05, 3.63) is 28.2 Å². The second kappa shape index (κ2) is 7.80. The molecule has 0 aliphatic carbocycles. The zero-order chi connectivity index (χ0) is 13.5. The highest BCUT2D eigenvalue weighted by molar-refractivity contribution is 9.10. The van der Waals surface area contributed by atoms with E-state index >= 15 is 0 Å². The lowest BCUT2D eigenvalue weighted by atomic mass is 10.1. The first-order valence-electron chi connectivity index (χ1n) is 6.65. The van der Waals surface area contributed by atoms with Crippen molar-refractivity contribution in [2.75, 3.05) is 6.54 Å². The van der Waals surface area contributed by atoms with Gasteiger partial charge in [-0.1, -0.05) is 19.9 Å². The number of nitrogens with one attached hydrogen (secondary N) is 1. The van der Waals surface area contributed by atoms with Crippen LogP contribution in [0.25, 0.3) is 0 Å². The molecule has 0 unspecified atom stereocenters. The van der Waals surface area contributed by atoms with Crippen molar-refractivity contribution >= 4 is 15.9 Å². The van der Waals surface area contributed by atoms with Crippen LogP contribution in [-0.4, -0.2) is 12.6 Å². The van der Waals surface area contributed by atoms with E-state index in [-0.39, 0.29) is 6.10 Å². The van der Waals surface area contributed by atoms with Gasteiger partial charge in [0.1, 0.15) is 5.75 Å². The third kappa shape index (κ3) is 5.87. The molecule has 0 saturated carbocycles. The maximum absolute atomic E-state index is 5.69. The molecule has 0 atom stereocenters. The van der Waals surface area contributed by atoms with Gasteiger partial charge in [-0.25, -0.2) is 0 Å². The van der Waals surface area contributed by atoms with E-state index in [1.165, 1.54) is 12.0 Å². The monoisotopic (exact) mass is 313 g/mol. The summed E-state index contributed by atoms with van der Waals surface area (Å²) in [6, 6.07) is 6.27. The van der Waals surface area contributed by atoms with E-state index in [0.29, 0.717) is 0 Å². The van der Waals surface area contributed by atoms with E-state index in [2.05, 4.69) is 47.2 Å². The molecule has 1 aromatic carbocycles. The molecule has 1 aromatic rings. The van der Waals surface area contributed by atoms with Gasteiger partial charge in [0.05, 0.1) is 10.6 Å². The van der Waals surface area contributed by atoms with E-state index in [4.69, 9.17) is 4.74 Å². The fourth-order valence-corrected chi connectivity index (χ4v) is 2.15. The first-order chi connectivity index (χ1) is 8.49. The van der Waals surface area contributed by atoms with Crippen molar-refractivity contribution in [3.8, 4) is 5.75 Å². The Hall–Kier alpha value is -0.540. The van der Waals surface area contributed by atoms with Gasteiger partial charge < -0.3 is 10.1 Å². The molecular weight excluding hydrogens is 290 g/mol. The third-order valence-electron chi connectivity index (χ3n) is 2.59. The first kappa shape index (κ1) is 15.5. The lowest BCUT2D eigenvalue weighted by Crippen LogP contribution is -2.16. The predicted octanol–water partition coefficient (Wildman–Crippen LogP) is 4.37. The molecule has 0 bridgehead atoms. The van der Waals surface area contributed by atoms with Gasteiger partial charge in [-0.15, -0.1) is 0 Å². The predicted molar refractivity (Wildman–Crippen MR) is 81.1 cm³/mol. The van der Waals surface area contributed by atoms with Crippen LogP contribution in [-0.2, 0) is 6.54 Å². The molecule has 0 aromatic heterocycles. The first-order valence-corrected chi connectivity index (χ1v) is 7.44. The molecule has 0 aliphatic heterocycles. The number of benzene rings is 1. The second-order valence-corrected chi connectivity index (χ2v) is 6.15. The standard InChI is InChI=1S/C15H24BrNO/c1-11(2)7-8-17-10-13-5-6-15(14(16)9-13)18-12(3)4/h5-6,9,11-12,17H,7-8,10H2,1-4H3. The van der Waals surface area contributed by atoms with Gasteiger partial charge in [0.2, 0.25) is 0 Å². The highest BCUT2D eigenvalue weighted by atomic mass is 79.9. The van der Waals surface area contributed by atoms with Gasteiger partial charge >= 0.3 is 0 Å². The minimum absolute atomic E-state index is 0.205. The van der Waals surface area contributed by atoms with Gasteiger partial charge in [0.15, 0.2) is 0 Å². The second-order valence-electron chi connectivity index (χ2n) is 5.29. The van der Waals surface area contributed by atoms with Crippen LogP contribution in [0.15, 0.2) is 22.7 Å². The van der Waals surface area contributed by atoms with Crippen LogP contribution in [0, 0.1) is 5.92 Å². The molecule has 2 nitrogen and oxygen atoms in total. The fraction of sp³-hybridized carbons (Fsp3) is 0.600. The van der Waals surface area contributed by atoms with Crippen LogP contribution in [0.2, 0.25) is 0 Å². The highest BCUT2D eigenvalue weighted by Crippen LogP contribution is 2.26. The number of hydrogen-bond acceptors (Lipinski definition) is 2. The average Bonchev–Trinajstić information content (AvgIpc) is 2.27. The minimum Gasteiger partial charge on any atom is -0.490 e. The fourth-order valence-electron chi connectivity index (χ4n) is 1.63. The smallest absolute Gasteiger partial charge is 0.133 e. The Morgan fingerprint density at radius 3 is 2.50 bits per heavy atom. The Labute approximate surface area is 119 Å². The largest absolute Gasteiger partial charge is 0.490 e. The summed E-state index contributed by atoms with van der Waals surface area (Å²) in [5.74, 6) is 1.67. The van der Waals surface area contributed by atoms with Crippen LogP contribution in [0.1, 0.15) is 39.7 Å². The van der Waals surface area contributed by atoms with Crippen molar-refractivity contribution in [2.45, 2.75) is 46.8 Å². The Kier molecular flexibility index (Phi) is 6.72. The maximum atomic E-state index is 5.69. The van der Waals surface area contributed by atoms with Crippen molar-refractivity contribution < 1.29 is 4.74 Å². The Morgan fingerprint density at radius 1 is 1.22 bits per heavy atom. The molecule has 3 heteroatoms. The van der Waals surface area contributed by atoms with Crippen LogP contribution in [0.4, 0.5) is 0 Å². The lowest BCUT2D eigenvalue weighted by molar-refractivity contribution is 0.241. The summed E-state index contributed by atoms with van der Waals surface area (Å²) in [5.41, 5.74) is 1.28. The number of ether oxygens (including phenoxy) is 1. The quantitative estimate of drug-likeness (QED) is 0.755. The molecule has 0 aliphatic rings. The van der Waals surface area contributed by atoms with Crippen molar-refractivity contribution in [1.29, 1.82) is 0 Å². The zero-order valence-corrected chi connectivity index (χ0v) is 13.4. The topological polar surface area (TPSA) is 21.3 Å². The lowest BCUT2D eigenvalue weighted by Gasteiger charge is -2.13. The summed E-state index contributed by atoms with van der Waals surface area (Å²) < 4.78 is 6.72. The summed E-state index contributed by atoms with van der Waals surface area (Å²) in [4.78, 5) is 0. The molecule has 0 spiro atoms. The molecule has 0 heterocycles. The zero-order valence-electron chi connectivity index (χ0n) is 11.8. The number of halogens is 1. The van der Waals surface area contributed by atoms with Gasteiger partial charge in [-0.05, 0) is 66.4 Å². The third-order valence-corrected chi connectivity index (χ3v) is 3.21. The molecule has 1 N–H and O–H groups in total. The van der Waals surface area contributed by atoms with E-state index in [9.17, 15) is 0 Å². The summed E-state index contributed by atoms with van der Waals surface area (Å²) in [5, 5.41) is 3.46. The van der Waals surface area contributed by atoms with Crippen LogP contribution in [0.3, 0.4) is 0 Å². The molecule has 1 rings (SSSR count). The van der Waals surface area contributed by atoms with E-state index in [0.717, 1.165) is 29.2 Å². The Bertz CT molecular complexity index is 364. The minimum atomic E-state index is 0.205. The van der Waals surface area contributed by atoms with Gasteiger partial charge in [-0.3, -0.25) is 0 Å². The summed E-state index contributed by atoms with van der Waals surface area (Å²) in [6.45, 7) is 10.5. The van der Waals surface area contributed by atoms with Crippen molar-refractivity contribution in [3.63, 3.8) is 0 Å². The van der Waals surface area contributed by atoms with Gasteiger partial charge in [0.25, 0.3) is 0 Å². The maximum Gasteiger partial charge on any atom is 0.133 e. The summed E-state index contributed by atoms with van der Waals surface area (Å²) in [6.07, 6.45) is 1.42. The van der Waals surface area contributed by atoms with Crippen molar-refractivity contribution in [1.82, 2.24) is 5.32 Å². The van der Waals surface area contributed by atoms with Gasteiger partial charge in [0, 0.05) is 6.54 Å². The van der Waals surface area contributed by atoms with E-state index in [1.54, 1.807) is 0 Å². The van der Waals surface area contributed by atoms with E-state index < -0.39 is 0 Å². The molecule has 0 amide bonds. The summed E-state index contributed by atoms with van der Waals surface area (Å²) >= 11 is 3.56. The van der Waals surface area contributed by atoms with Crippen molar-refractivity contribution in [2.24, 2.45) is 5.92 Å². The highest BCUT2D eigenvalue weighted by Gasteiger charge is 2.04. The average molecular weight is 314 g/mol. The van der Waals surface area contributed by atoms with Gasteiger partial charge in [-0.2, -0.15) is 0 Å². The molecule has 0 fully saturated rings. The number of rotatable bonds is 7. The molecule has 18 heavy (non-hydrogen) atoms.